The van der Waals surface area contributed by atoms with Gasteiger partial charge in [0.25, 0.3) is 5.91 Å². The van der Waals surface area contributed by atoms with Gasteiger partial charge in [-0.1, -0.05) is 31.2 Å². The van der Waals surface area contributed by atoms with Crippen molar-refractivity contribution in [3.63, 3.8) is 0 Å². The van der Waals surface area contributed by atoms with Crippen LogP contribution in [0.25, 0.3) is 10.4 Å². The number of rotatable bonds is 7. The fourth-order valence-corrected chi connectivity index (χ4v) is 4.41. The van der Waals surface area contributed by atoms with Crippen LogP contribution in [0.15, 0.2) is 42.6 Å². The van der Waals surface area contributed by atoms with Gasteiger partial charge in [-0.15, -0.1) is 11.3 Å². The van der Waals surface area contributed by atoms with Gasteiger partial charge in [0.05, 0.1) is 25.3 Å². The molecule has 0 unspecified atom stereocenters. The third-order valence-corrected chi connectivity index (χ3v) is 6.16. The zero-order chi connectivity index (χ0) is 20.9. The molecule has 4 rings (SSSR count). The maximum Gasteiger partial charge on any atom is 0.251 e. The summed E-state index contributed by atoms with van der Waals surface area (Å²) in [6, 6.07) is 12.0. The Balaban J connectivity index is 1.55. The number of primary amides is 1. The van der Waals surface area contributed by atoms with Crippen molar-refractivity contribution in [1.29, 1.82) is 0 Å². The molecular formula is C22H25N5O2S. The Morgan fingerprint density at radius 1 is 1.23 bits per heavy atom. The number of anilines is 2. The van der Waals surface area contributed by atoms with Crippen LogP contribution in [0, 0.1) is 0 Å². The summed E-state index contributed by atoms with van der Waals surface area (Å²) in [4.78, 5) is 24.3. The number of hydrogen-bond donors (Lipinski definition) is 2. The van der Waals surface area contributed by atoms with Crippen molar-refractivity contribution in [3.8, 4) is 10.4 Å². The van der Waals surface area contributed by atoms with Crippen LogP contribution in [-0.2, 0) is 17.7 Å². The van der Waals surface area contributed by atoms with E-state index in [0.29, 0.717) is 22.9 Å². The molecule has 7 nitrogen and oxygen atoms in total. The first kappa shape index (κ1) is 20.5. The lowest BCUT2D eigenvalue weighted by molar-refractivity contribution is 0.0331. The monoisotopic (exact) mass is 423 g/mol. The zero-order valence-electron chi connectivity index (χ0n) is 16.9. The number of carbonyl (C=O) groups excluding carboxylic acids is 1. The number of morpholine rings is 1. The number of nitrogens with one attached hydrogen (secondary N) is 1. The van der Waals surface area contributed by atoms with Gasteiger partial charge >= 0.3 is 0 Å². The Morgan fingerprint density at radius 3 is 2.70 bits per heavy atom. The molecule has 3 N–H and O–H groups in total. The van der Waals surface area contributed by atoms with Crippen molar-refractivity contribution in [2.45, 2.75) is 19.9 Å². The second-order valence-corrected chi connectivity index (χ2v) is 8.19. The average molecular weight is 424 g/mol. The summed E-state index contributed by atoms with van der Waals surface area (Å²) in [5, 5.41) is 3.96. The Kier molecular flexibility index (Phi) is 6.37. The quantitative estimate of drug-likeness (QED) is 0.605. The van der Waals surface area contributed by atoms with Gasteiger partial charge in [-0.3, -0.25) is 9.69 Å². The van der Waals surface area contributed by atoms with Gasteiger partial charge in [0, 0.05) is 24.2 Å². The van der Waals surface area contributed by atoms with Crippen molar-refractivity contribution in [2.24, 2.45) is 5.73 Å². The molecule has 0 radical (unpaired) electrons. The van der Waals surface area contributed by atoms with Gasteiger partial charge in [-0.05, 0) is 29.7 Å². The van der Waals surface area contributed by atoms with Crippen LogP contribution < -0.4 is 11.1 Å². The topological polar surface area (TPSA) is 93.4 Å². The van der Waals surface area contributed by atoms with E-state index >= 15 is 0 Å². The highest BCUT2D eigenvalue weighted by molar-refractivity contribution is 7.19. The summed E-state index contributed by atoms with van der Waals surface area (Å²) in [6.45, 7) is 6.01. The minimum absolute atomic E-state index is 0.461. The van der Waals surface area contributed by atoms with E-state index in [1.165, 1.54) is 16.9 Å². The first-order valence-corrected chi connectivity index (χ1v) is 10.9. The van der Waals surface area contributed by atoms with E-state index in [-0.39, 0.29) is 0 Å². The first-order valence-electron chi connectivity index (χ1n) is 10.0. The molecule has 1 aliphatic rings. The molecule has 3 heterocycles. The van der Waals surface area contributed by atoms with Gasteiger partial charge in [-0.2, -0.15) is 0 Å². The van der Waals surface area contributed by atoms with Gasteiger partial charge in [0.2, 0.25) is 0 Å². The maximum atomic E-state index is 12.0. The number of hydrogen-bond acceptors (Lipinski definition) is 7. The van der Waals surface area contributed by atoms with Crippen LogP contribution in [0.1, 0.15) is 28.7 Å². The van der Waals surface area contributed by atoms with Crippen LogP contribution in [-0.4, -0.2) is 47.1 Å². The highest BCUT2D eigenvalue weighted by atomic mass is 32.1. The van der Waals surface area contributed by atoms with Gasteiger partial charge in [0.15, 0.2) is 0 Å². The van der Waals surface area contributed by atoms with E-state index in [0.717, 1.165) is 49.0 Å². The summed E-state index contributed by atoms with van der Waals surface area (Å²) in [7, 11) is 0. The van der Waals surface area contributed by atoms with Crippen LogP contribution in [0.5, 0.6) is 0 Å². The molecule has 1 amide bonds. The van der Waals surface area contributed by atoms with E-state index < -0.39 is 5.91 Å². The predicted octanol–water partition coefficient (Wildman–Crippen LogP) is 3.44. The molecule has 0 spiro atoms. The molecule has 1 aromatic carbocycles. The van der Waals surface area contributed by atoms with Crippen LogP contribution in [0.3, 0.4) is 0 Å². The van der Waals surface area contributed by atoms with E-state index in [9.17, 15) is 4.79 Å². The highest BCUT2D eigenvalue weighted by Gasteiger charge is 2.17. The maximum absolute atomic E-state index is 12.0. The van der Waals surface area contributed by atoms with Crippen molar-refractivity contribution < 1.29 is 9.53 Å². The van der Waals surface area contributed by atoms with Gasteiger partial charge in [-0.25, -0.2) is 9.97 Å². The highest BCUT2D eigenvalue weighted by Crippen LogP contribution is 2.36. The molecule has 156 valence electrons. The Hall–Kier alpha value is -2.81. The molecule has 1 saturated heterocycles. The van der Waals surface area contributed by atoms with Crippen LogP contribution in [0.2, 0.25) is 0 Å². The van der Waals surface area contributed by atoms with Crippen LogP contribution in [0.4, 0.5) is 10.8 Å². The Bertz CT molecular complexity index is 1010. The second kappa shape index (κ2) is 9.34. The minimum Gasteiger partial charge on any atom is -0.379 e. The molecule has 0 saturated carbocycles. The summed E-state index contributed by atoms with van der Waals surface area (Å²) in [5.41, 5.74) is 8.43. The van der Waals surface area contributed by atoms with Crippen molar-refractivity contribution in [2.75, 3.05) is 31.6 Å². The number of nitrogens with two attached hydrogens (primary N) is 1. The lowest BCUT2D eigenvalue weighted by Gasteiger charge is -2.25. The molecule has 30 heavy (non-hydrogen) atoms. The summed E-state index contributed by atoms with van der Waals surface area (Å²) in [6.07, 6.45) is 2.72. The average Bonchev–Trinajstić information content (AvgIpc) is 3.19. The molecule has 1 fully saturated rings. The second-order valence-electron chi connectivity index (χ2n) is 7.14. The number of carbonyl (C=O) groups is 1. The Labute approximate surface area is 179 Å². The fraction of sp³-hybridized carbons (Fsp3) is 0.318. The molecule has 8 heteroatoms. The molecule has 2 aromatic heterocycles. The normalized spacial score (nSPS) is 14.6. The number of nitrogens with zero attached hydrogens (tertiary/aromatic N) is 3. The molecule has 1 aliphatic heterocycles. The van der Waals surface area contributed by atoms with Crippen molar-refractivity contribution in [1.82, 2.24) is 14.9 Å². The number of thiophene rings is 1. The van der Waals surface area contributed by atoms with Crippen LogP contribution >= 0.6 is 11.3 Å². The molecule has 0 atom stereocenters. The van der Waals surface area contributed by atoms with Crippen molar-refractivity contribution in [3.05, 3.63) is 59.5 Å². The number of amides is 1. The molecule has 3 aromatic rings. The van der Waals surface area contributed by atoms with E-state index in [1.54, 1.807) is 12.3 Å². The number of benzene rings is 1. The SMILES string of the molecule is CCc1ccc(-c2cc(C(N)=O)c(Nc3ccnc(CN4CCOCC4)n3)s2)cc1. The Morgan fingerprint density at radius 2 is 2.00 bits per heavy atom. The zero-order valence-corrected chi connectivity index (χ0v) is 17.7. The van der Waals surface area contributed by atoms with Gasteiger partial charge in [0.1, 0.15) is 16.6 Å². The number of aromatic nitrogens is 2. The summed E-state index contributed by atoms with van der Waals surface area (Å²) >= 11 is 1.49. The van der Waals surface area contributed by atoms with E-state index in [4.69, 9.17) is 10.5 Å². The molecule has 0 aliphatic carbocycles. The van der Waals surface area contributed by atoms with E-state index in [1.807, 2.05) is 6.07 Å². The predicted molar refractivity (Wildman–Crippen MR) is 119 cm³/mol. The third kappa shape index (κ3) is 4.84. The van der Waals surface area contributed by atoms with Gasteiger partial charge < -0.3 is 15.8 Å². The first-order chi connectivity index (χ1) is 14.6. The number of ether oxygens (including phenoxy) is 1. The minimum atomic E-state index is -0.465. The lowest BCUT2D eigenvalue weighted by Crippen LogP contribution is -2.36. The standard InChI is InChI=1S/C22H25N5O2S/c1-2-15-3-5-16(6-4-15)18-13-17(21(23)28)22(30-18)26-19-7-8-24-20(25-19)14-27-9-11-29-12-10-27/h3-8,13H,2,9-12,14H2,1H3,(H2,23,28)(H,24,25,26). The van der Waals surface area contributed by atoms with E-state index in [2.05, 4.69) is 51.4 Å². The third-order valence-electron chi connectivity index (χ3n) is 5.06. The summed E-state index contributed by atoms with van der Waals surface area (Å²) in [5.74, 6) is 0.910. The smallest absolute Gasteiger partial charge is 0.251 e. The number of aryl methyl sites for hydroxylation is 1. The molecule has 0 bridgehead atoms. The largest absolute Gasteiger partial charge is 0.379 e. The van der Waals surface area contributed by atoms with Crippen molar-refractivity contribution >= 4 is 28.1 Å². The molecular weight excluding hydrogens is 398 g/mol. The fourth-order valence-electron chi connectivity index (χ4n) is 3.33. The lowest BCUT2D eigenvalue weighted by atomic mass is 10.1. The summed E-state index contributed by atoms with van der Waals surface area (Å²) < 4.78 is 5.39.